The Morgan fingerprint density at radius 1 is 0.882 bits per heavy atom. The van der Waals surface area contributed by atoms with Crippen LogP contribution >= 0.6 is 0 Å². The van der Waals surface area contributed by atoms with E-state index in [0.29, 0.717) is 0 Å². The number of benzene rings is 1. The van der Waals surface area contributed by atoms with E-state index in [1.807, 2.05) is 36.4 Å². The fraction of sp³-hybridized carbons (Fsp3) is 0. The van der Waals surface area contributed by atoms with E-state index < -0.39 is 16.6 Å². The van der Waals surface area contributed by atoms with Gasteiger partial charge in [0, 0.05) is 0 Å². The molecule has 0 saturated carbocycles. The van der Waals surface area contributed by atoms with Crippen LogP contribution in [0.15, 0.2) is 52.1 Å². The van der Waals surface area contributed by atoms with Crippen molar-refractivity contribution < 1.29 is 5.11 Å². The Balaban J connectivity index is 2.07. The molecule has 0 radical (unpaired) electrons. The van der Waals surface area contributed by atoms with Crippen LogP contribution in [-0.2, 0) is 0 Å². The standard InChI is InChI=1S/C14H10O3/c15-12-11(13(16)14(12)17)9-5-4-8-10-6-2-1-3-7-10/h1-9,15H/b8-4+,9-5+. The van der Waals surface area contributed by atoms with Gasteiger partial charge in [-0.1, -0.05) is 48.6 Å². The third kappa shape index (κ3) is 2.23. The topological polar surface area (TPSA) is 54.4 Å². The molecule has 3 nitrogen and oxygen atoms in total. The van der Waals surface area contributed by atoms with Gasteiger partial charge in [-0.25, -0.2) is 0 Å². The third-order valence-corrected chi connectivity index (χ3v) is 2.38. The molecule has 0 aromatic heterocycles. The number of hydrogen-bond acceptors (Lipinski definition) is 3. The average Bonchev–Trinajstić information content (AvgIpc) is 2.38. The van der Waals surface area contributed by atoms with Crippen LogP contribution in [0.4, 0.5) is 0 Å². The summed E-state index contributed by atoms with van der Waals surface area (Å²) in [6.07, 6.45) is 6.65. The van der Waals surface area contributed by atoms with Crippen molar-refractivity contribution in [3.05, 3.63) is 74.1 Å². The van der Waals surface area contributed by atoms with Gasteiger partial charge in [-0.15, -0.1) is 0 Å². The maximum Gasteiger partial charge on any atom is 0.268 e. The SMILES string of the molecule is O=c1c(O)c(/C=C/C=C/c2ccccc2)c1=O. The molecule has 0 saturated heterocycles. The minimum absolute atomic E-state index is 0.0766. The van der Waals surface area contributed by atoms with Gasteiger partial charge in [-0.05, 0) is 11.6 Å². The average molecular weight is 226 g/mol. The predicted octanol–water partition coefficient (Wildman–Crippen LogP) is 1.71. The lowest BCUT2D eigenvalue weighted by Gasteiger charge is -1.97. The van der Waals surface area contributed by atoms with Crippen LogP contribution in [0.1, 0.15) is 11.1 Å². The fourth-order valence-electron chi connectivity index (χ4n) is 1.43. The summed E-state index contributed by atoms with van der Waals surface area (Å²) in [7, 11) is 0. The van der Waals surface area contributed by atoms with Gasteiger partial charge in [0.05, 0.1) is 5.56 Å². The Morgan fingerprint density at radius 3 is 2.18 bits per heavy atom. The molecule has 0 atom stereocenters. The number of rotatable bonds is 3. The maximum absolute atomic E-state index is 11.0. The van der Waals surface area contributed by atoms with E-state index in [2.05, 4.69) is 0 Å². The predicted molar refractivity (Wildman–Crippen MR) is 67.5 cm³/mol. The van der Waals surface area contributed by atoms with Crippen molar-refractivity contribution in [2.75, 3.05) is 0 Å². The molecule has 2 aromatic rings. The summed E-state index contributed by atoms with van der Waals surface area (Å²) in [5.41, 5.74) is -0.331. The molecule has 0 unspecified atom stereocenters. The molecule has 0 amide bonds. The summed E-state index contributed by atoms with van der Waals surface area (Å²) >= 11 is 0. The molecular formula is C14H10O3. The number of hydrogen-bond donors (Lipinski definition) is 1. The van der Waals surface area contributed by atoms with Crippen molar-refractivity contribution in [3.8, 4) is 5.75 Å². The summed E-state index contributed by atoms with van der Waals surface area (Å²) in [6.45, 7) is 0. The van der Waals surface area contributed by atoms with E-state index in [1.165, 1.54) is 6.08 Å². The second kappa shape index (κ2) is 4.61. The summed E-state index contributed by atoms with van der Waals surface area (Å²) in [5.74, 6) is -0.445. The van der Waals surface area contributed by atoms with Crippen LogP contribution in [-0.4, -0.2) is 5.11 Å². The lowest BCUT2D eigenvalue weighted by atomic mass is 10.1. The van der Waals surface area contributed by atoms with Crippen molar-refractivity contribution in [1.29, 1.82) is 0 Å². The fourth-order valence-corrected chi connectivity index (χ4v) is 1.43. The Hall–Kier alpha value is -2.42. The van der Waals surface area contributed by atoms with Gasteiger partial charge in [0.25, 0.3) is 5.43 Å². The summed E-state index contributed by atoms with van der Waals surface area (Å²) in [6, 6.07) is 9.66. The Bertz CT molecular complexity index is 642. The molecule has 0 aliphatic carbocycles. The van der Waals surface area contributed by atoms with Crippen molar-refractivity contribution in [2.24, 2.45) is 0 Å². The molecule has 1 N–H and O–H groups in total. The van der Waals surface area contributed by atoms with Crippen LogP contribution in [0.25, 0.3) is 12.2 Å². The van der Waals surface area contributed by atoms with Crippen molar-refractivity contribution >= 4 is 12.2 Å². The van der Waals surface area contributed by atoms with Gasteiger partial charge in [0.1, 0.15) is 0 Å². The van der Waals surface area contributed by atoms with E-state index in [9.17, 15) is 9.59 Å². The van der Waals surface area contributed by atoms with Gasteiger partial charge in [-0.2, -0.15) is 0 Å². The highest BCUT2D eigenvalue weighted by Gasteiger charge is 2.16. The van der Waals surface area contributed by atoms with Crippen LogP contribution in [0.2, 0.25) is 0 Å². The molecule has 84 valence electrons. The van der Waals surface area contributed by atoms with Gasteiger partial charge >= 0.3 is 0 Å². The van der Waals surface area contributed by atoms with E-state index in [4.69, 9.17) is 5.11 Å². The van der Waals surface area contributed by atoms with Gasteiger partial charge in [0.2, 0.25) is 5.43 Å². The molecule has 0 fully saturated rings. The molecule has 0 bridgehead atoms. The van der Waals surface area contributed by atoms with E-state index in [-0.39, 0.29) is 5.56 Å². The van der Waals surface area contributed by atoms with Gasteiger partial charge < -0.3 is 5.11 Å². The molecular weight excluding hydrogens is 216 g/mol. The second-order valence-electron chi connectivity index (χ2n) is 3.55. The Labute approximate surface area is 97.7 Å². The zero-order chi connectivity index (χ0) is 12.3. The van der Waals surface area contributed by atoms with E-state index in [0.717, 1.165) is 5.56 Å². The first-order chi connectivity index (χ1) is 8.20. The first kappa shape index (κ1) is 11.1. The van der Waals surface area contributed by atoms with E-state index >= 15 is 0 Å². The molecule has 0 spiro atoms. The number of aromatic hydroxyl groups is 1. The quantitative estimate of drug-likeness (QED) is 0.640. The summed E-state index contributed by atoms with van der Waals surface area (Å²) < 4.78 is 0. The second-order valence-corrected chi connectivity index (χ2v) is 3.55. The first-order valence-electron chi connectivity index (χ1n) is 5.12. The zero-order valence-corrected chi connectivity index (χ0v) is 8.96. The molecule has 17 heavy (non-hydrogen) atoms. The highest BCUT2D eigenvalue weighted by molar-refractivity contribution is 5.63. The normalized spacial score (nSPS) is 11.8. The minimum atomic E-state index is -0.809. The summed E-state index contributed by atoms with van der Waals surface area (Å²) in [4.78, 5) is 21.7. The monoisotopic (exact) mass is 226 g/mol. The highest BCUT2D eigenvalue weighted by Crippen LogP contribution is 2.10. The molecule has 0 aliphatic heterocycles. The third-order valence-electron chi connectivity index (χ3n) is 2.38. The number of allylic oxidation sites excluding steroid dienone is 2. The van der Waals surface area contributed by atoms with Crippen LogP contribution < -0.4 is 10.9 Å². The Kier molecular flexibility index (Phi) is 3.01. The van der Waals surface area contributed by atoms with E-state index in [1.54, 1.807) is 12.2 Å². The minimum Gasteiger partial charge on any atom is -0.504 e. The van der Waals surface area contributed by atoms with Crippen molar-refractivity contribution in [2.45, 2.75) is 0 Å². The van der Waals surface area contributed by atoms with Crippen LogP contribution in [0.5, 0.6) is 5.75 Å². The molecule has 3 heteroatoms. The van der Waals surface area contributed by atoms with Gasteiger partial charge in [0.15, 0.2) is 5.75 Å². The largest absolute Gasteiger partial charge is 0.504 e. The maximum atomic E-state index is 11.0. The highest BCUT2D eigenvalue weighted by atomic mass is 16.3. The van der Waals surface area contributed by atoms with Gasteiger partial charge in [-0.3, -0.25) is 9.59 Å². The summed E-state index contributed by atoms with van der Waals surface area (Å²) in [5, 5.41) is 9.10. The molecule has 0 heterocycles. The molecule has 2 rings (SSSR count). The van der Waals surface area contributed by atoms with Crippen LogP contribution in [0.3, 0.4) is 0 Å². The zero-order valence-electron chi connectivity index (χ0n) is 8.96. The smallest absolute Gasteiger partial charge is 0.268 e. The molecule has 0 aliphatic rings. The Morgan fingerprint density at radius 2 is 1.53 bits per heavy atom. The molecule has 2 aromatic carbocycles. The van der Waals surface area contributed by atoms with Crippen molar-refractivity contribution in [1.82, 2.24) is 0 Å². The lowest BCUT2D eigenvalue weighted by molar-refractivity contribution is 0.461. The van der Waals surface area contributed by atoms with Crippen LogP contribution in [0, 0.1) is 0 Å². The lowest BCUT2D eigenvalue weighted by Crippen LogP contribution is -2.32. The first-order valence-corrected chi connectivity index (χ1v) is 5.12. The van der Waals surface area contributed by atoms with Crippen molar-refractivity contribution in [3.63, 3.8) is 0 Å².